The summed E-state index contributed by atoms with van der Waals surface area (Å²) in [5.41, 5.74) is 8.75. The molecule has 0 radical (unpaired) electrons. The SMILES string of the molecule is C[N+](C)(C(N)=O)c1ccc2c(c1)C(c1cccc(Cl)c1)Oc1cccc(OC(F)F)c1-2. The molecule has 0 aliphatic carbocycles. The maximum absolute atomic E-state index is 13.0. The van der Waals surface area contributed by atoms with Gasteiger partial charge in [-0.1, -0.05) is 29.8 Å². The fourth-order valence-electron chi connectivity index (χ4n) is 3.65. The quantitative estimate of drug-likeness (QED) is 0.521. The average molecular weight is 446 g/mol. The van der Waals surface area contributed by atoms with Crippen molar-refractivity contribution in [1.29, 1.82) is 0 Å². The third kappa shape index (κ3) is 3.82. The van der Waals surface area contributed by atoms with Crippen molar-refractivity contribution in [2.45, 2.75) is 12.7 Å². The number of halogens is 3. The first kappa shape index (κ1) is 21.1. The molecule has 0 aromatic heterocycles. The summed E-state index contributed by atoms with van der Waals surface area (Å²) >= 11 is 6.20. The van der Waals surface area contributed by atoms with Crippen LogP contribution < -0.4 is 19.7 Å². The number of carbonyl (C=O) groups is 1. The zero-order valence-corrected chi connectivity index (χ0v) is 17.6. The van der Waals surface area contributed by atoms with E-state index in [2.05, 4.69) is 0 Å². The predicted octanol–water partition coefficient (Wildman–Crippen LogP) is 5.74. The second-order valence-electron chi connectivity index (χ2n) is 7.62. The van der Waals surface area contributed by atoms with Crippen LogP contribution in [0.4, 0.5) is 19.3 Å². The van der Waals surface area contributed by atoms with Gasteiger partial charge >= 0.3 is 12.6 Å². The third-order valence-corrected chi connectivity index (χ3v) is 5.62. The summed E-state index contributed by atoms with van der Waals surface area (Å²) in [5, 5.41) is 0.535. The molecule has 1 aliphatic heterocycles. The van der Waals surface area contributed by atoms with Crippen LogP contribution in [0.2, 0.25) is 5.02 Å². The maximum Gasteiger partial charge on any atom is 0.418 e. The number of nitrogens with two attached hydrogens (primary N) is 1. The van der Waals surface area contributed by atoms with Crippen molar-refractivity contribution in [2.24, 2.45) is 5.73 Å². The molecule has 4 rings (SSSR count). The number of alkyl halides is 2. The number of primary amides is 1. The first-order valence-electron chi connectivity index (χ1n) is 9.47. The summed E-state index contributed by atoms with van der Waals surface area (Å²) in [4.78, 5) is 12.0. The molecule has 160 valence electrons. The molecule has 0 bridgehead atoms. The van der Waals surface area contributed by atoms with Crippen molar-refractivity contribution in [1.82, 2.24) is 4.48 Å². The van der Waals surface area contributed by atoms with Crippen molar-refractivity contribution >= 4 is 23.3 Å². The standard InChI is InChI=1S/C23H19ClF2N2O3/c1-28(2,23(27)29)15-9-10-16-17(12-15)21(13-5-3-6-14(24)11-13)30-18-7-4-8-19(20(16)18)31-22(25)26/h3-12,21-22H,1-2H3,(H-,27,29)/p+1. The minimum Gasteiger partial charge on any atom is -0.480 e. The zero-order valence-electron chi connectivity index (χ0n) is 16.8. The number of quaternary nitrogens is 1. The van der Waals surface area contributed by atoms with E-state index in [1.54, 1.807) is 62.6 Å². The number of fused-ring (bicyclic) bond motifs is 3. The van der Waals surface area contributed by atoms with Crippen molar-refractivity contribution in [3.05, 3.63) is 76.8 Å². The highest BCUT2D eigenvalue weighted by atomic mass is 35.5. The van der Waals surface area contributed by atoms with Crippen LogP contribution in [0.25, 0.3) is 11.1 Å². The minimum atomic E-state index is -2.98. The Kier molecular flexibility index (Phi) is 5.33. The van der Waals surface area contributed by atoms with Gasteiger partial charge in [0, 0.05) is 22.7 Å². The van der Waals surface area contributed by atoms with E-state index >= 15 is 0 Å². The van der Waals surface area contributed by atoms with Gasteiger partial charge in [0.1, 0.15) is 23.3 Å². The van der Waals surface area contributed by atoms with Gasteiger partial charge in [-0.05, 0) is 41.5 Å². The molecule has 1 heterocycles. The van der Waals surface area contributed by atoms with E-state index in [1.807, 2.05) is 6.07 Å². The number of ether oxygens (including phenoxy) is 2. The Hall–Kier alpha value is -3.16. The number of nitrogens with zero attached hydrogens (tertiary/aromatic N) is 1. The fraction of sp³-hybridized carbons (Fsp3) is 0.174. The summed E-state index contributed by atoms with van der Waals surface area (Å²) in [6.45, 7) is -2.98. The van der Waals surface area contributed by atoms with Gasteiger partial charge in [-0.15, -0.1) is 0 Å². The van der Waals surface area contributed by atoms with Crippen LogP contribution in [0.15, 0.2) is 60.7 Å². The number of urea groups is 1. The molecule has 31 heavy (non-hydrogen) atoms. The van der Waals surface area contributed by atoms with Crippen LogP contribution in [0.3, 0.4) is 0 Å². The molecule has 8 heteroatoms. The van der Waals surface area contributed by atoms with Gasteiger partial charge < -0.3 is 15.2 Å². The van der Waals surface area contributed by atoms with Crippen LogP contribution in [0.5, 0.6) is 11.5 Å². The summed E-state index contributed by atoms with van der Waals surface area (Å²) in [5.74, 6) is 0.418. The number of amides is 2. The molecule has 2 N–H and O–H groups in total. The Morgan fingerprint density at radius 3 is 2.55 bits per heavy atom. The molecule has 0 saturated carbocycles. The number of hydrogen-bond acceptors (Lipinski definition) is 3. The first-order valence-corrected chi connectivity index (χ1v) is 9.85. The van der Waals surface area contributed by atoms with E-state index in [9.17, 15) is 13.6 Å². The second kappa shape index (κ2) is 7.83. The summed E-state index contributed by atoms with van der Waals surface area (Å²) < 4.78 is 36.9. The Morgan fingerprint density at radius 2 is 1.87 bits per heavy atom. The molecule has 3 aromatic carbocycles. The molecule has 0 fully saturated rings. The van der Waals surface area contributed by atoms with Gasteiger partial charge in [0.25, 0.3) is 0 Å². The van der Waals surface area contributed by atoms with Gasteiger partial charge in [0.15, 0.2) is 0 Å². The lowest BCUT2D eigenvalue weighted by molar-refractivity contribution is -0.0496. The van der Waals surface area contributed by atoms with Crippen molar-refractivity contribution in [3.8, 4) is 22.6 Å². The number of carbonyl (C=O) groups excluding carboxylic acids is 1. The van der Waals surface area contributed by atoms with Crippen molar-refractivity contribution in [2.75, 3.05) is 14.1 Å². The molecule has 1 unspecified atom stereocenters. The molecule has 0 spiro atoms. The van der Waals surface area contributed by atoms with Crippen LogP contribution in [0, 0.1) is 0 Å². The van der Waals surface area contributed by atoms with Crippen molar-refractivity contribution < 1.29 is 23.0 Å². The Bertz CT molecular complexity index is 1170. The Morgan fingerprint density at radius 1 is 1.13 bits per heavy atom. The van der Waals surface area contributed by atoms with E-state index < -0.39 is 18.7 Å². The van der Waals surface area contributed by atoms with E-state index in [4.69, 9.17) is 26.8 Å². The molecule has 0 saturated heterocycles. The van der Waals surface area contributed by atoms with Gasteiger partial charge in [0.05, 0.1) is 19.7 Å². The molecule has 2 amide bonds. The summed E-state index contributed by atoms with van der Waals surface area (Å²) in [7, 11) is 3.34. The predicted molar refractivity (Wildman–Crippen MR) is 116 cm³/mol. The largest absolute Gasteiger partial charge is 0.480 e. The van der Waals surface area contributed by atoms with E-state index in [0.717, 1.165) is 5.56 Å². The van der Waals surface area contributed by atoms with Crippen LogP contribution in [0.1, 0.15) is 17.2 Å². The number of benzene rings is 3. The minimum absolute atomic E-state index is 0.00898. The second-order valence-corrected chi connectivity index (χ2v) is 8.06. The number of rotatable bonds is 4. The van der Waals surface area contributed by atoms with E-state index in [0.29, 0.717) is 33.1 Å². The molecule has 5 nitrogen and oxygen atoms in total. The van der Waals surface area contributed by atoms with Gasteiger partial charge in [-0.2, -0.15) is 8.78 Å². The van der Waals surface area contributed by atoms with Gasteiger partial charge in [0.2, 0.25) is 0 Å². The lowest BCUT2D eigenvalue weighted by Crippen LogP contribution is -2.50. The zero-order chi connectivity index (χ0) is 22.3. The monoisotopic (exact) mass is 445 g/mol. The van der Waals surface area contributed by atoms with Gasteiger partial charge in [-0.25, -0.2) is 9.28 Å². The lowest BCUT2D eigenvalue weighted by atomic mass is 9.88. The van der Waals surface area contributed by atoms with Crippen molar-refractivity contribution in [3.63, 3.8) is 0 Å². The molecule has 1 atom stereocenters. The topological polar surface area (TPSA) is 61.6 Å². The maximum atomic E-state index is 13.0. The smallest absolute Gasteiger partial charge is 0.418 e. The first-order chi connectivity index (χ1) is 14.7. The van der Waals surface area contributed by atoms with Crippen LogP contribution >= 0.6 is 11.6 Å². The Balaban J connectivity index is 1.96. The lowest BCUT2D eigenvalue weighted by Gasteiger charge is -2.32. The molecule has 1 aliphatic rings. The van der Waals surface area contributed by atoms with E-state index in [1.165, 1.54) is 6.07 Å². The fourth-order valence-corrected chi connectivity index (χ4v) is 3.84. The molecular formula is C23H20ClF2N2O3+. The normalized spacial score (nSPS) is 15.1. The highest BCUT2D eigenvalue weighted by molar-refractivity contribution is 6.30. The highest BCUT2D eigenvalue weighted by Crippen LogP contribution is 2.50. The highest BCUT2D eigenvalue weighted by Gasteiger charge is 2.34. The summed E-state index contributed by atoms with van der Waals surface area (Å²) in [6.07, 6.45) is -0.573. The summed E-state index contributed by atoms with van der Waals surface area (Å²) in [6, 6.07) is 16.7. The van der Waals surface area contributed by atoms with Crippen LogP contribution in [-0.4, -0.2) is 26.7 Å². The Labute approximate surface area is 183 Å². The van der Waals surface area contributed by atoms with E-state index in [-0.39, 0.29) is 10.2 Å². The third-order valence-electron chi connectivity index (χ3n) is 5.38. The van der Waals surface area contributed by atoms with Crippen LogP contribution in [-0.2, 0) is 0 Å². The molecular weight excluding hydrogens is 426 g/mol. The van der Waals surface area contributed by atoms with Gasteiger partial charge in [-0.3, -0.25) is 0 Å². The average Bonchev–Trinajstić information content (AvgIpc) is 2.72. The number of hydrogen-bond donors (Lipinski definition) is 1. The molecule has 3 aromatic rings.